The van der Waals surface area contributed by atoms with Crippen LogP contribution in [0.5, 0.6) is 0 Å². The molecule has 0 aliphatic heterocycles. The van der Waals surface area contributed by atoms with E-state index in [-0.39, 0.29) is 11.6 Å². The Kier molecular flexibility index (Phi) is 2.36. The molecule has 2 nitrogen and oxygen atoms in total. The van der Waals surface area contributed by atoms with E-state index in [1.54, 1.807) is 24.3 Å². The second-order valence-corrected chi connectivity index (χ2v) is 5.45. The fraction of sp³-hybridized carbons (Fsp3) is 0.0526. The Morgan fingerprint density at radius 3 is 1.81 bits per heavy atom. The van der Waals surface area contributed by atoms with Crippen LogP contribution in [-0.2, 0) is 0 Å². The Hall–Kier alpha value is -2.74. The first-order chi connectivity index (χ1) is 10.1. The number of aryl methyl sites for hydroxylation is 1. The van der Waals surface area contributed by atoms with Gasteiger partial charge in [0.1, 0.15) is 0 Å². The third-order valence-electron chi connectivity index (χ3n) is 4.04. The van der Waals surface area contributed by atoms with Gasteiger partial charge < -0.3 is 0 Å². The topological polar surface area (TPSA) is 34.1 Å². The molecule has 0 bridgehead atoms. The zero-order valence-electron chi connectivity index (χ0n) is 11.5. The molecule has 0 amide bonds. The molecule has 0 saturated carbocycles. The molecule has 21 heavy (non-hydrogen) atoms. The summed E-state index contributed by atoms with van der Waals surface area (Å²) in [5.41, 5.74) is 3.16. The van der Waals surface area contributed by atoms with Gasteiger partial charge in [-0.15, -0.1) is 0 Å². The van der Waals surface area contributed by atoms with Gasteiger partial charge in [-0.2, -0.15) is 0 Å². The van der Waals surface area contributed by atoms with Gasteiger partial charge in [0, 0.05) is 22.3 Å². The minimum atomic E-state index is -0.0670. The van der Waals surface area contributed by atoms with E-state index < -0.39 is 0 Å². The number of rotatable bonds is 0. The van der Waals surface area contributed by atoms with E-state index in [2.05, 4.69) is 0 Å². The summed E-state index contributed by atoms with van der Waals surface area (Å²) in [5.74, 6) is -0.133. The monoisotopic (exact) mass is 272 g/mol. The van der Waals surface area contributed by atoms with Gasteiger partial charge in [-0.05, 0) is 29.8 Å². The zero-order valence-corrected chi connectivity index (χ0v) is 11.5. The van der Waals surface area contributed by atoms with Crippen LogP contribution in [0.4, 0.5) is 0 Å². The number of carbonyl (C=O) groups excluding carboxylic acids is 2. The quantitative estimate of drug-likeness (QED) is 0.486. The van der Waals surface area contributed by atoms with Crippen LogP contribution in [0, 0.1) is 6.92 Å². The van der Waals surface area contributed by atoms with Gasteiger partial charge in [-0.1, -0.05) is 48.0 Å². The van der Waals surface area contributed by atoms with E-state index in [9.17, 15) is 9.59 Å². The van der Waals surface area contributed by atoms with Crippen molar-refractivity contribution in [2.24, 2.45) is 0 Å². The molecule has 0 radical (unpaired) electrons. The molecular weight excluding hydrogens is 260 g/mol. The van der Waals surface area contributed by atoms with Crippen LogP contribution >= 0.6 is 0 Å². The minimum Gasteiger partial charge on any atom is -0.289 e. The Labute approximate surface area is 122 Å². The highest BCUT2D eigenvalue weighted by Gasteiger charge is 2.29. The van der Waals surface area contributed by atoms with E-state index in [4.69, 9.17) is 0 Å². The van der Waals surface area contributed by atoms with Crippen LogP contribution in [0.2, 0.25) is 0 Å². The van der Waals surface area contributed by atoms with Gasteiger partial charge in [0.15, 0.2) is 11.6 Å². The number of fused-ring (bicyclic) bond motifs is 3. The Morgan fingerprint density at radius 2 is 1.19 bits per heavy atom. The first-order valence-electron chi connectivity index (χ1n) is 6.88. The average Bonchev–Trinajstić information content (AvgIpc) is 2.51. The van der Waals surface area contributed by atoms with Crippen LogP contribution in [0.15, 0.2) is 54.6 Å². The molecule has 0 aromatic heterocycles. The predicted octanol–water partition coefficient (Wildman–Crippen LogP) is 3.92. The van der Waals surface area contributed by atoms with Crippen molar-refractivity contribution >= 4 is 22.3 Å². The normalized spacial score (nSPS) is 13.2. The fourth-order valence-corrected chi connectivity index (χ4v) is 2.96. The zero-order chi connectivity index (χ0) is 14.6. The Bertz CT molecular complexity index is 935. The Morgan fingerprint density at radius 1 is 0.619 bits per heavy atom. The molecule has 2 heteroatoms. The SMILES string of the molecule is Cc1ccc2cc3c(cc2c1)C(=O)c1ccccc1C3=O. The van der Waals surface area contributed by atoms with Crippen molar-refractivity contribution in [2.75, 3.05) is 0 Å². The summed E-state index contributed by atoms with van der Waals surface area (Å²) in [6.45, 7) is 2.02. The summed E-state index contributed by atoms with van der Waals surface area (Å²) in [5, 5.41) is 1.98. The highest BCUT2D eigenvalue weighted by Crippen LogP contribution is 2.30. The highest BCUT2D eigenvalue weighted by atomic mass is 16.1. The van der Waals surface area contributed by atoms with Crippen molar-refractivity contribution < 1.29 is 9.59 Å². The standard InChI is InChI=1S/C19H12O2/c1-11-6-7-12-9-16-17(10-13(12)8-11)19(21)15-5-3-2-4-14(15)18(16)20/h2-10H,1H3. The van der Waals surface area contributed by atoms with Crippen molar-refractivity contribution in [3.63, 3.8) is 0 Å². The summed E-state index contributed by atoms with van der Waals surface area (Å²) >= 11 is 0. The first-order valence-corrected chi connectivity index (χ1v) is 6.88. The third kappa shape index (κ3) is 1.66. The van der Waals surface area contributed by atoms with Crippen molar-refractivity contribution in [3.05, 3.63) is 82.4 Å². The van der Waals surface area contributed by atoms with Gasteiger partial charge in [0.25, 0.3) is 0 Å². The third-order valence-corrected chi connectivity index (χ3v) is 4.04. The second-order valence-electron chi connectivity index (χ2n) is 5.45. The number of hydrogen-bond acceptors (Lipinski definition) is 2. The van der Waals surface area contributed by atoms with Gasteiger partial charge >= 0.3 is 0 Å². The van der Waals surface area contributed by atoms with Crippen LogP contribution < -0.4 is 0 Å². The van der Waals surface area contributed by atoms with Crippen molar-refractivity contribution in [3.8, 4) is 0 Å². The summed E-state index contributed by atoms with van der Waals surface area (Å²) in [6.07, 6.45) is 0. The van der Waals surface area contributed by atoms with Gasteiger partial charge in [-0.25, -0.2) is 0 Å². The average molecular weight is 272 g/mol. The maximum absolute atomic E-state index is 12.6. The number of benzene rings is 3. The highest BCUT2D eigenvalue weighted by molar-refractivity contribution is 6.29. The molecule has 3 aromatic carbocycles. The second kappa shape index (κ2) is 4.13. The summed E-state index contributed by atoms with van der Waals surface area (Å²) in [7, 11) is 0. The van der Waals surface area contributed by atoms with Crippen LogP contribution in [0.3, 0.4) is 0 Å². The first kappa shape index (κ1) is 12.0. The van der Waals surface area contributed by atoms with E-state index in [1.165, 1.54) is 0 Å². The lowest BCUT2D eigenvalue weighted by atomic mass is 9.83. The molecule has 1 aliphatic carbocycles. The predicted molar refractivity (Wildman–Crippen MR) is 82.0 cm³/mol. The van der Waals surface area contributed by atoms with Crippen molar-refractivity contribution in [1.29, 1.82) is 0 Å². The molecule has 4 rings (SSSR count). The maximum atomic E-state index is 12.6. The smallest absolute Gasteiger partial charge is 0.194 e. The van der Waals surface area contributed by atoms with E-state index in [0.717, 1.165) is 16.3 Å². The van der Waals surface area contributed by atoms with Gasteiger partial charge in [0.2, 0.25) is 0 Å². The Balaban J connectivity index is 2.06. The number of ketones is 2. The lowest BCUT2D eigenvalue weighted by molar-refractivity contribution is 0.0979. The molecule has 0 heterocycles. The van der Waals surface area contributed by atoms with E-state index >= 15 is 0 Å². The maximum Gasteiger partial charge on any atom is 0.194 e. The fourth-order valence-electron chi connectivity index (χ4n) is 2.96. The number of carbonyl (C=O) groups is 2. The van der Waals surface area contributed by atoms with Gasteiger partial charge in [0.05, 0.1) is 0 Å². The molecule has 1 aliphatic rings. The largest absolute Gasteiger partial charge is 0.289 e. The molecule has 3 aromatic rings. The summed E-state index contributed by atoms with van der Waals surface area (Å²) < 4.78 is 0. The summed E-state index contributed by atoms with van der Waals surface area (Å²) in [6, 6.07) is 16.7. The lowest BCUT2D eigenvalue weighted by Crippen LogP contribution is -2.20. The van der Waals surface area contributed by atoms with Crippen LogP contribution in [-0.4, -0.2) is 11.6 Å². The molecular formula is C19H12O2. The van der Waals surface area contributed by atoms with Crippen molar-refractivity contribution in [1.82, 2.24) is 0 Å². The van der Waals surface area contributed by atoms with Crippen LogP contribution in [0.1, 0.15) is 37.4 Å². The molecule has 0 fully saturated rings. The van der Waals surface area contributed by atoms with E-state index in [1.807, 2.05) is 37.3 Å². The molecule has 0 spiro atoms. The molecule has 0 N–H and O–H groups in total. The van der Waals surface area contributed by atoms with Gasteiger partial charge in [-0.3, -0.25) is 9.59 Å². The molecule has 0 unspecified atom stereocenters. The van der Waals surface area contributed by atoms with Crippen LogP contribution in [0.25, 0.3) is 10.8 Å². The molecule has 100 valence electrons. The van der Waals surface area contributed by atoms with Crippen molar-refractivity contribution in [2.45, 2.75) is 6.92 Å². The number of hydrogen-bond donors (Lipinski definition) is 0. The molecule has 0 saturated heterocycles. The lowest BCUT2D eigenvalue weighted by Gasteiger charge is -2.18. The minimum absolute atomic E-state index is 0.0661. The summed E-state index contributed by atoms with van der Waals surface area (Å²) in [4.78, 5) is 25.2. The van der Waals surface area contributed by atoms with E-state index in [0.29, 0.717) is 22.3 Å². The molecule has 0 atom stereocenters.